The molecule has 1 heterocycles. The van der Waals surface area contributed by atoms with E-state index < -0.39 is 0 Å². The summed E-state index contributed by atoms with van der Waals surface area (Å²) >= 11 is 4.64. The number of thioether (sulfide) groups is 1. The number of halogens is 1. The molecule has 0 atom stereocenters. The Labute approximate surface area is 170 Å². The van der Waals surface area contributed by atoms with Crippen LogP contribution in [0.4, 0.5) is 5.69 Å². The van der Waals surface area contributed by atoms with Gasteiger partial charge in [-0.15, -0.1) is 0 Å². The summed E-state index contributed by atoms with van der Waals surface area (Å²) in [6, 6.07) is 14.7. The van der Waals surface area contributed by atoms with Crippen molar-refractivity contribution in [1.82, 2.24) is 4.90 Å². The zero-order chi connectivity index (χ0) is 19.2. The SMILES string of the molecule is CCOCCN1C(=O)/C(=C\c2ccc(O)c(Br)c2)SC1=Nc1ccccc1. The Morgan fingerprint density at radius 2 is 2.04 bits per heavy atom. The first-order chi connectivity index (χ1) is 13.1. The number of para-hydroxylation sites is 1. The van der Waals surface area contributed by atoms with Crippen LogP contribution < -0.4 is 0 Å². The minimum Gasteiger partial charge on any atom is -0.507 e. The number of aromatic hydroxyl groups is 1. The molecule has 1 aliphatic rings. The van der Waals surface area contributed by atoms with Crippen LogP contribution in [0.5, 0.6) is 5.75 Å². The van der Waals surface area contributed by atoms with Crippen LogP contribution in [-0.2, 0) is 9.53 Å². The molecule has 0 aliphatic carbocycles. The zero-order valence-corrected chi connectivity index (χ0v) is 17.2. The normalized spacial score (nSPS) is 17.3. The van der Waals surface area contributed by atoms with Gasteiger partial charge in [0.05, 0.1) is 28.2 Å². The van der Waals surface area contributed by atoms with Gasteiger partial charge < -0.3 is 9.84 Å². The van der Waals surface area contributed by atoms with Crippen molar-refractivity contribution in [2.45, 2.75) is 6.92 Å². The molecule has 0 spiro atoms. The number of carbonyl (C=O) groups excluding carboxylic acids is 1. The molecule has 1 N–H and O–H groups in total. The summed E-state index contributed by atoms with van der Waals surface area (Å²) in [5.74, 6) is 0.0609. The lowest BCUT2D eigenvalue weighted by Gasteiger charge is -2.15. The number of carbonyl (C=O) groups is 1. The first-order valence-corrected chi connectivity index (χ1v) is 10.1. The molecule has 27 heavy (non-hydrogen) atoms. The monoisotopic (exact) mass is 446 g/mol. The number of aliphatic imine (C=N–C) groups is 1. The maximum atomic E-state index is 12.9. The highest BCUT2D eigenvalue weighted by atomic mass is 79.9. The predicted octanol–water partition coefficient (Wildman–Crippen LogP) is 4.80. The van der Waals surface area contributed by atoms with E-state index in [1.54, 1.807) is 29.2 Å². The first-order valence-electron chi connectivity index (χ1n) is 8.50. The Morgan fingerprint density at radius 3 is 2.74 bits per heavy atom. The molecule has 2 aromatic carbocycles. The van der Waals surface area contributed by atoms with Crippen molar-refractivity contribution in [3.8, 4) is 5.75 Å². The van der Waals surface area contributed by atoms with E-state index in [-0.39, 0.29) is 11.7 Å². The molecule has 0 radical (unpaired) electrons. The van der Waals surface area contributed by atoms with Crippen LogP contribution in [-0.4, -0.2) is 40.8 Å². The summed E-state index contributed by atoms with van der Waals surface area (Å²) in [6.07, 6.45) is 1.80. The van der Waals surface area contributed by atoms with Gasteiger partial charge >= 0.3 is 0 Å². The van der Waals surface area contributed by atoms with E-state index in [1.807, 2.05) is 37.3 Å². The van der Waals surface area contributed by atoms with Crippen LogP contribution in [0.3, 0.4) is 0 Å². The summed E-state index contributed by atoms with van der Waals surface area (Å²) in [5, 5.41) is 10.3. The molecule has 1 amide bonds. The number of benzene rings is 2. The van der Waals surface area contributed by atoms with Crippen molar-refractivity contribution < 1.29 is 14.6 Å². The summed E-state index contributed by atoms with van der Waals surface area (Å²) in [5.41, 5.74) is 1.61. The number of rotatable bonds is 6. The number of amidine groups is 1. The topological polar surface area (TPSA) is 62.1 Å². The highest BCUT2D eigenvalue weighted by Gasteiger charge is 2.33. The van der Waals surface area contributed by atoms with E-state index in [1.165, 1.54) is 11.8 Å². The number of nitrogens with zero attached hydrogens (tertiary/aromatic N) is 2. The Bertz CT molecular complexity index is 884. The van der Waals surface area contributed by atoms with Crippen LogP contribution in [0, 0.1) is 0 Å². The predicted molar refractivity (Wildman–Crippen MR) is 113 cm³/mol. The maximum absolute atomic E-state index is 12.9. The van der Waals surface area contributed by atoms with Crippen molar-refractivity contribution in [2.75, 3.05) is 19.8 Å². The smallest absolute Gasteiger partial charge is 0.266 e. The number of hydrogen-bond donors (Lipinski definition) is 1. The molecule has 7 heteroatoms. The highest BCUT2D eigenvalue weighted by molar-refractivity contribution is 9.10. The zero-order valence-electron chi connectivity index (χ0n) is 14.8. The fourth-order valence-electron chi connectivity index (χ4n) is 2.47. The first kappa shape index (κ1) is 19.7. The van der Waals surface area contributed by atoms with Gasteiger partial charge in [0.15, 0.2) is 5.17 Å². The third-order valence-electron chi connectivity index (χ3n) is 3.80. The van der Waals surface area contributed by atoms with Crippen molar-refractivity contribution in [1.29, 1.82) is 0 Å². The molecule has 0 bridgehead atoms. The number of hydrogen-bond acceptors (Lipinski definition) is 5. The summed E-state index contributed by atoms with van der Waals surface area (Å²) in [4.78, 5) is 19.8. The molecule has 2 aromatic rings. The highest BCUT2D eigenvalue weighted by Crippen LogP contribution is 2.35. The van der Waals surface area contributed by atoms with Crippen molar-refractivity contribution in [3.63, 3.8) is 0 Å². The van der Waals surface area contributed by atoms with E-state index in [9.17, 15) is 9.90 Å². The summed E-state index contributed by atoms with van der Waals surface area (Å²) < 4.78 is 6.00. The van der Waals surface area contributed by atoms with E-state index >= 15 is 0 Å². The van der Waals surface area contributed by atoms with E-state index in [2.05, 4.69) is 20.9 Å². The minimum absolute atomic E-state index is 0.0985. The molecule has 5 nitrogen and oxygen atoms in total. The van der Waals surface area contributed by atoms with Gasteiger partial charge in [-0.25, -0.2) is 4.99 Å². The third-order valence-corrected chi connectivity index (χ3v) is 5.44. The maximum Gasteiger partial charge on any atom is 0.266 e. The average molecular weight is 447 g/mol. The van der Waals surface area contributed by atoms with E-state index in [0.717, 1.165) is 11.3 Å². The Morgan fingerprint density at radius 1 is 1.26 bits per heavy atom. The molecule has 0 unspecified atom stereocenters. The van der Waals surface area contributed by atoms with E-state index in [4.69, 9.17) is 4.74 Å². The number of amides is 1. The lowest BCUT2D eigenvalue weighted by atomic mass is 10.2. The largest absolute Gasteiger partial charge is 0.507 e. The minimum atomic E-state index is -0.0985. The lowest BCUT2D eigenvalue weighted by Crippen LogP contribution is -2.32. The van der Waals surface area contributed by atoms with Crippen LogP contribution in [0.2, 0.25) is 0 Å². The molecular formula is C20H19BrN2O3S. The average Bonchev–Trinajstić information content (AvgIpc) is 2.94. The van der Waals surface area contributed by atoms with Gasteiger partial charge in [-0.05, 0) is 70.5 Å². The molecule has 1 aliphatic heterocycles. The Hall–Kier alpha value is -2.09. The second-order valence-corrected chi connectivity index (χ2v) is 7.57. The second-order valence-electron chi connectivity index (χ2n) is 5.71. The molecule has 0 saturated carbocycles. The standard InChI is InChI=1S/C20H19BrN2O3S/c1-2-26-11-10-23-19(25)18(13-14-8-9-17(24)16(21)12-14)27-20(23)22-15-6-4-3-5-7-15/h3-9,12-13,24H,2,10-11H2,1H3/b18-13+,22-20?. The van der Waals surface area contributed by atoms with Crippen molar-refractivity contribution in [3.05, 3.63) is 63.5 Å². The van der Waals surface area contributed by atoms with Gasteiger partial charge in [0, 0.05) is 6.61 Å². The van der Waals surface area contributed by atoms with Crippen LogP contribution in [0.15, 0.2) is 62.9 Å². The van der Waals surface area contributed by atoms with Crippen LogP contribution in [0.25, 0.3) is 6.08 Å². The van der Waals surface area contributed by atoms with Crippen LogP contribution in [0.1, 0.15) is 12.5 Å². The molecule has 0 aromatic heterocycles. The van der Waals surface area contributed by atoms with Crippen molar-refractivity contribution in [2.24, 2.45) is 4.99 Å². The van der Waals surface area contributed by atoms with E-state index in [0.29, 0.717) is 34.3 Å². The van der Waals surface area contributed by atoms with Crippen LogP contribution >= 0.6 is 27.7 Å². The second kappa shape index (κ2) is 9.21. The molecule has 3 rings (SSSR count). The molecular weight excluding hydrogens is 428 g/mol. The van der Waals surface area contributed by atoms with Gasteiger partial charge in [0.25, 0.3) is 5.91 Å². The number of phenols is 1. The molecule has 1 fully saturated rings. The molecule has 140 valence electrons. The molecule has 1 saturated heterocycles. The number of ether oxygens (including phenoxy) is 1. The quantitative estimate of drug-likeness (QED) is 0.511. The number of phenolic OH excluding ortho intramolecular Hbond substituents is 1. The van der Waals surface area contributed by atoms with Gasteiger partial charge in [0.1, 0.15) is 5.75 Å². The Balaban J connectivity index is 1.90. The van der Waals surface area contributed by atoms with Crippen molar-refractivity contribution >= 4 is 50.5 Å². The van der Waals surface area contributed by atoms with Gasteiger partial charge in [-0.3, -0.25) is 9.69 Å². The third kappa shape index (κ3) is 5.00. The fraction of sp³-hybridized carbons (Fsp3) is 0.200. The summed E-state index contributed by atoms with van der Waals surface area (Å²) in [7, 11) is 0. The lowest BCUT2D eigenvalue weighted by molar-refractivity contribution is -0.122. The van der Waals surface area contributed by atoms with Gasteiger partial charge in [0.2, 0.25) is 0 Å². The van der Waals surface area contributed by atoms with Gasteiger partial charge in [-0.1, -0.05) is 24.3 Å². The fourth-order valence-corrected chi connectivity index (χ4v) is 3.89. The van der Waals surface area contributed by atoms with Gasteiger partial charge in [-0.2, -0.15) is 0 Å². The Kier molecular flexibility index (Phi) is 6.71. The summed E-state index contributed by atoms with van der Waals surface area (Å²) in [6.45, 7) is 3.43.